The molecule has 0 aliphatic carbocycles. The molecule has 2 aliphatic rings. The molecule has 0 spiro atoms. The number of carbonyl (C=O) groups is 1. The molecule has 10 nitrogen and oxygen atoms in total. The van der Waals surface area contributed by atoms with Gasteiger partial charge >= 0.3 is 5.69 Å². The smallest absolute Gasteiger partial charge is 0.354 e. The van der Waals surface area contributed by atoms with E-state index in [0.717, 1.165) is 0 Å². The summed E-state index contributed by atoms with van der Waals surface area (Å²) in [5, 5.41) is 11.0. The quantitative estimate of drug-likeness (QED) is 0.259. The highest BCUT2D eigenvalue weighted by Crippen LogP contribution is 2.46. The molecule has 236 valence electrons. The first-order valence-electron chi connectivity index (χ1n) is 15.3. The standard InChI is InChI=1S/C34H34F2N8O2/c1-7-23(45)42-14-19(6)43-20(15-42)12-38-30-26-32(28(36)25(27(30)35)24-17(4)8-9-22-21(24)13-39-41-22)44(34(46)40-33(26)43)31-18(5)10-11-37-29(31)16(2)3/h7-11,13,16,19-20,38H,1,12,14-15H2,2-6H3,(H,39,41). The molecule has 0 saturated carbocycles. The number of nitrogens with zero attached hydrogens (tertiary/aromatic N) is 6. The molecule has 2 aliphatic heterocycles. The molecule has 2 aromatic carbocycles. The minimum atomic E-state index is -0.889. The zero-order chi connectivity index (χ0) is 32.6. The predicted molar refractivity (Wildman–Crippen MR) is 175 cm³/mol. The van der Waals surface area contributed by atoms with Crippen molar-refractivity contribution in [1.29, 1.82) is 0 Å². The number of pyridine rings is 1. The van der Waals surface area contributed by atoms with Crippen molar-refractivity contribution in [2.75, 3.05) is 29.9 Å². The number of nitrogens with one attached hydrogen (secondary N) is 2. The van der Waals surface area contributed by atoms with Crippen LogP contribution in [0.4, 0.5) is 20.3 Å². The van der Waals surface area contributed by atoms with E-state index in [-0.39, 0.29) is 65.0 Å². The van der Waals surface area contributed by atoms with Crippen LogP contribution in [0.25, 0.3) is 38.6 Å². The number of anilines is 2. The fraction of sp³-hybridized carbons (Fsp3) is 0.324. The normalized spacial score (nSPS) is 17.7. The second-order valence-corrected chi connectivity index (χ2v) is 12.5. The summed E-state index contributed by atoms with van der Waals surface area (Å²) in [6.45, 7) is 13.9. The van der Waals surface area contributed by atoms with E-state index in [1.807, 2.05) is 38.7 Å². The molecule has 7 rings (SSSR count). The molecule has 5 heterocycles. The Kier molecular flexibility index (Phi) is 6.91. The van der Waals surface area contributed by atoms with Gasteiger partial charge in [-0.25, -0.2) is 13.6 Å². The minimum absolute atomic E-state index is 0.0402. The maximum absolute atomic E-state index is 17.6. The van der Waals surface area contributed by atoms with E-state index < -0.39 is 17.3 Å². The van der Waals surface area contributed by atoms with Crippen LogP contribution in [0.1, 0.15) is 43.5 Å². The first-order valence-corrected chi connectivity index (χ1v) is 15.3. The molecule has 1 fully saturated rings. The summed E-state index contributed by atoms with van der Waals surface area (Å²) >= 11 is 0. The summed E-state index contributed by atoms with van der Waals surface area (Å²) in [6.07, 6.45) is 4.47. The second kappa shape index (κ2) is 10.7. The van der Waals surface area contributed by atoms with Crippen molar-refractivity contribution < 1.29 is 13.6 Å². The number of carbonyl (C=O) groups excluding carboxylic acids is 1. The highest BCUT2D eigenvalue weighted by Gasteiger charge is 2.40. The van der Waals surface area contributed by atoms with Gasteiger partial charge in [0, 0.05) is 42.8 Å². The van der Waals surface area contributed by atoms with E-state index in [2.05, 4.69) is 32.1 Å². The summed E-state index contributed by atoms with van der Waals surface area (Å²) < 4.78 is 36.0. The highest BCUT2D eigenvalue weighted by atomic mass is 19.1. The van der Waals surface area contributed by atoms with Gasteiger partial charge in [0.25, 0.3) is 0 Å². The lowest BCUT2D eigenvalue weighted by atomic mass is 9.93. The van der Waals surface area contributed by atoms with Gasteiger partial charge in [-0.1, -0.05) is 26.5 Å². The van der Waals surface area contributed by atoms with Gasteiger partial charge in [-0.3, -0.25) is 19.4 Å². The molecule has 3 aromatic heterocycles. The van der Waals surface area contributed by atoms with Crippen LogP contribution in [-0.4, -0.2) is 67.3 Å². The summed E-state index contributed by atoms with van der Waals surface area (Å²) in [5.41, 5.74) is 2.26. The maximum Gasteiger partial charge on any atom is 0.354 e. The van der Waals surface area contributed by atoms with Crippen LogP contribution >= 0.6 is 0 Å². The molecule has 12 heteroatoms. The van der Waals surface area contributed by atoms with E-state index in [9.17, 15) is 9.59 Å². The largest absolute Gasteiger partial charge is 0.380 e. The Labute approximate surface area is 263 Å². The van der Waals surface area contributed by atoms with Gasteiger partial charge < -0.3 is 15.1 Å². The van der Waals surface area contributed by atoms with Crippen LogP contribution < -0.4 is 15.9 Å². The van der Waals surface area contributed by atoms with Crippen molar-refractivity contribution in [3.63, 3.8) is 0 Å². The van der Waals surface area contributed by atoms with E-state index in [1.54, 1.807) is 36.4 Å². The van der Waals surface area contributed by atoms with Gasteiger partial charge in [0.15, 0.2) is 11.6 Å². The van der Waals surface area contributed by atoms with Gasteiger partial charge in [-0.05, 0) is 56.0 Å². The maximum atomic E-state index is 17.6. The third-order valence-electron chi connectivity index (χ3n) is 9.23. The van der Waals surface area contributed by atoms with Crippen LogP contribution in [0.15, 0.2) is 48.0 Å². The zero-order valence-electron chi connectivity index (χ0n) is 26.3. The highest BCUT2D eigenvalue weighted by molar-refractivity contribution is 6.08. The number of halogens is 2. The Morgan fingerprint density at radius 3 is 2.63 bits per heavy atom. The van der Waals surface area contributed by atoms with Crippen molar-refractivity contribution in [2.45, 2.75) is 52.6 Å². The van der Waals surface area contributed by atoms with Gasteiger partial charge in [-0.15, -0.1) is 0 Å². The zero-order valence-corrected chi connectivity index (χ0v) is 26.3. The first-order chi connectivity index (χ1) is 22.0. The predicted octanol–water partition coefficient (Wildman–Crippen LogP) is 5.36. The molecular weight excluding hydrogens is 590 g/mol. The topological polar surface area (TPSA) is 112 Å². The third kappa shape index (κ3) is 4.22. The van der Waals surface area contributed by atoms with Gasteiger partial charge in [0.05, 0.1) is 45.8 Å². The number of rotatable bonds is 4. The third-order valence-corrected chi connectivity index (χ3v) is 9.23. The molecular formula is C34H34F2N8O2. The Morgan fingerprint density at radius 1 is 1.11 bits per heavy atom. The van der Waals surface area contributed by atoms with E-state index >= 15 is 8.78 Å². The number of aromatic nitrogens is 5. The van der Waals surface area contributed by atoms with Crippen LogP contribution in [0.3, 0.4) is 0 Å². The monoisotopic (exact) mass is 624 g/mol. The molecule has 0 bridgehead atoms. The Hall–Kier alpha value is -5.13. The van der Waals surface area contributed by atoms with Crippen LogP contribution in [0.2, 0.25) is 0 Å². The number of aromatic amines is 1. The summed E-state index contributed by atoms with van der Waals surface area (Å²) in [5.74, 6) is -1.85. The van der Waals surface area contributed by atoms with Gasteiger partial charge in [0.1, 0.15) is 11.3 Å². The number of hydrogen-bond acceptors (Lipinski definition) is 7. The van der Waals surface area contributed by atoms with Crippen molar-refractivity contribution in [3.8, 4) is 16.8 Å². The number of amides is 1. The van der Waals surface area contributed by atoms with Crippen molar-refractivity contribution in [2.24, 2.45) is 0 Å². The minimum Gasteiger partial charge on any atom is -0.380 e. The molecule has 0 radical (unpaired) electrons. The summed E-state index contributed by atoms with van der Waals surface area (Å²) in [6, 6.07) is 4.65. The lowest BCUT2D eigenvalue weighted by Crippen LogP contribution is -2.61. The van der Waals surface area contributed by atoms with E-state index in [1.165, 1.54) is 10.6 Å². The van der Waals surface area contributed by atoms with Crippen LogP contribution in [0.5, 0.6) is 0 Å². The van der Waals surface area contributed by atoms with E-state index in [4.69, 9.17) is 0 Å². The van der Waals surface area contributed by atoms with Crippen molar-refractivity contribution in [1.82, 2.24) is 29.6 Å². The molecule has 1 amide bonds. The molecule has 1 saturated heterocycles. The first kappa shape index (κ1) is 29.6. The number of piperazine rings is 1. The fourth-order valence-electron chi connectivity index (χ4n) is 7.18. The lowest BCUT2D eigenvalue weighted by molar-refractivity contribution is -0.127. The van der Waals surface area contributed by atoms with E-state index in [0.29, 0.717) is 45.5 Å². The van der Waals surface area contributed by atoms with Crippen molar-refractivity contribution in [3.05, 3.63) is 82.2 Å². The average Bonchev–Trinajstić information content (AvgIpc) is 3.43. The SMILES string of the molecule is C=CC(=O)N1CC(C)N2c3nc(=O)n(-c4c(C)ccnc4C(C)C)c4c(F)c(-c5c(C)ccc6[nH]ncc56)c(F)c(c34)NCC2C1. The summed E-state index contributed by atoms with van der Waals surface area (Å²) in [4.78, 5) is 39.7. The van der Waals surface area contributed by atoms with Gasteiger partial charge in [0.2, 0.25) is 5.91 Å². The Morgan fingerprint density at radius 2 is 1.89 bits per heavy atom. The average molecular weight is 625 g/mol. The number of fused-ring (bicyclic) bond motifs is 3. The second-order valence-electron chi connectivity index (χ2n) is 12.5. The fourth-order valence-corrected chi connectivity index (χ4v) is 7.18. The van der Waals surface area contributed by atoms with Gasteiger partial charge in [-0.2, -0.15) is 10.1 Å². The molecule has 46 heavy (non-hydrogen) atoms. The lowest BCUT2D eigenvalue weighted by Gasteiger charge is -2.45. The number of aryl methyl sites for hydroxylation is 2. The molecule has 2 N–H and O–H groups in total. The van der Waals surface area contributed by atoms with Crippen LogP contribution in [0, 0.1) is 25.5 Å². The molecule has 5 aromatic rings. The molecule has 2 unspecified atom stereocenters. The Balaban J connectivity index is 1.64. The van der Waals surface area contributed by atoms with Crippen LogP contribution in [-0.2, 0) is 4.79 Å². The van der Waals surface area contributed by atoms with Crippen molar-refractivity contribution >= 4 is 39.2 Å². The Bertz CT molecular complexity index is 2150. The number of hydrogen-bond donors (Lipinski definition) is 2. The number of H-pyrrole nitrogens is 1. The number of benzene rings is 2. The molecule has 2 atom stereocenters. The summed E-state index contributed by atoms with van der Waals surface area (Å²) in [7, 11) is 0.